The van der Waals surface area contributed by atoms with Crippen molar-refractivity contribution < 1.29 is 26.0 Å². The lowest BCUT2D eigenvalue weighted by Crippen LogP contribution is -2.12. The fourth-order valence-corrected chi connectivity index (χ4v) is 3.23. The summed E-state index contributed by atoms with van der Waals surface area (Å²) in [4.78, 5) is -0.475. The molecule has 0 spiro atoms. The number of sulfone groups is 1. The number of ether oxygens (including phenoxy) is 1. The normalized spacial score (nSPS) is 12.3. The van der Waals surface area contributed by atoms with Crippen molar-refractivity contribution in [1.29, 1.82) is 0 Å². The molecular weight excluding hydrogens is 331 g/mol. The Labute approximate surface area is 122 Å². The number of hydrogen-bond donors (Lipinski definition) is 0. The molecule has 0 aliphatic carbocycles. The smallest absolute Gasteiger partial charge is 0.265 e. The third-order valence-corrected chi connectivity index (χ3v) is 5.60. The van der Waals surface area contributed by atoms with Gasteiger partial charge < -0.3 is 4.74 Å². The fourth-order valence-electron chi connectivity index (χ4n) is 1.40. The minimum Gasteiger partial charge on any atom is -0.492 e. The zero-order chi connectivity index (χ0) is 15.4. The van der Waals surface area contributed by atoms with Gasteiger partial charge in [0, 0.05) is 16.4 Å². The molecule has 0 aliphatic rings. The molecule has 0 atom stereocenters. The highest BCUT2D eigenvalue weighted by molar-refractivity contribution is 8.13. The SMILES string of the molecule is CCS(=O)(=O)CCCOc1ccc(F)cc1S(=O)(=O)Cl. The van der Waals surface area contributed by atoms with Gasteiger partial charge >= 0.3 is 0 Å². The lowest BCUT2D eigenvalue weighted by molar-refractivity contribution is 0.309. The van der Waals surface area contributed by atoms with Crippen molar-refractivity contribution in [1.82, 2.24) is 0 Å². The van der Waals surface area contributed by atoms with Crippen molar-refractivity contribution >= 4 is 29.6 Å². The number of halogens is 2. The molecule has 5 nitrogen and oxygen atoms in total. The zero-order valence-electron chi connectivity index (χ0n) is 10.7. The Kier molecular flexibility index (Phi) is 5.79. The lowest BCUT2D eigenvalue weighted by Gasteiger charge is -2.09. The van der Waals surface area contributed by atoms with Crippen LogP contribution in [0.3, 0.4) is 0 Å². The minimum absolute atomic E-state index is 0.00965. The van der Waals surface area contributed by atoms with Gasteiger partial charge in [-0.25, -0.2) is 21.2 Å². The summed E-state index contributed by atoms with van der Waals surface area (Å²) in [7, 11) is -2.07. The van der Waals surface area contributed by atoms with Crippen molar-refractivity contribution in [3.8, 4) is 5.75 Å². The molecule has 0 amide bonds. The number of hydrogen-bond acceptors (Lipinski definition) is 5. The molecule has 9 heteroatoms. The topological polar surface area (TPSA) is 77.5 Å². The summed E-state index contributed by atoms with van der Waals surface area (Å²) < 4.78 is 63.2. The van der Waals surface area contributed by atoms with E-state index in [1.165, 1.54) is 6.92 Å². The largest absolute Gasteiger partial charge is 0.492 e. The van der Waals surface area contributed by atoms with Crippen molar-refractivity contribution in [2.75, 3.05) is 18.1 Å². The van der Waals surface area contributed by atoms with Gasteiger partial charge in [0.25, 0.3) is 9.05 Å². The van der Waals surface area contributed by atoms with Gasteiger partial charge in [-0.1, -0.05) is 6.92 Å². The summed E-state index contributed by atoms with van der Waals surface area (Å²) in [5.74, 6) is -0.890. The van der Waals surface area contributed by atoms with Crippen molar-refractivity contribution in [2.24, 2.45) is 0 Å². The molecule has 0 aliphatic heterocycles. The highest BCUT2D eigenvalue weighted by atomic mass is 35.7. The van der Waals surface area contributed by atoms with E-state index in [9.17, 15) is 21.2 Å². The van der Waals surface area contributed by atoms with Crippen LogP contribution in [0, 0.1) is 5.82 Å². The molecule has 0 bridgehead atoms. The predicted octanol–water partition coefficient (Wildman–Crippen LogP) is 1.96. The van der Waals surface area contributed by atoms with E-state index >= 15 is 0 Å². The van der Waals surface area contributed by atoms with Crippen LogP contribution in [-0.4, -0.2) is 34.9 Å². The molecule has 0 N–H and O–H groups in total. The van der Waals surface area contributed by atoms with Crippen LogP contribution in [0.25, 0.3) is 0 Å². The van der Waals surface area contributed by atoms with E-state index in [-0.39, 0.29) is 30.3 Å². The Morgan fingerprint density at radius 2 is 1.90 bits per heavy atom. The van der Waals surface area contributed by atoms with Crippen LogP contribution < -0.4 is 4.74 Å². The Balaban J connectivity index is 2.75. The van der Waals surface area contributed by atoms with Crippen molar-refractivity contribution in [2.45, 2.75) is 18.2 Å². The molecule has 1 rings (SSSR count). The molecule has 0 heterocycles. The quantitative estimate of drug-likeness (QED) is 0.558. The van der Waals surface area contributed by atoms with E-state index < -0.39 is 29.6 Å². The molecule has 0 saturated carbocycles. The molecule has 1 aromatic carbocycles. The molecule has 20 heavy (non-hydrogen) atoms. The summed E-state index contributed by atoms with van der Waals surface area (Å²) in [5, 5.41) is 0. The summed E-state index contributed by atoms with van der Waals surface area (Å²) in [5.41, 5.74) is 0. The molecule has 0 fully saturated rings. The Morgan fingerprint density at radius 1 is 1.25 bits per heavy atom. The zero-order valence-corrected chi connectivity index (χ0v) is 13.1. The maximum Gasteiger partial charge on any atom is 0.265 e. The first-order valence-corrected chi connectivity index (χ1v) is 9.86. The van der Waals surface area contributed by atoms with Gasteiger partial charge in [0.15, 0.2) is 0 Å². The molecule has 0 radical (unpaired) electrons. The van der Waals surface area contributed by atoms with Gasteiger partial charge in [0.1, 0.15) is 26.3 Å². The van der Waals surface area contributed by atoms with Gasteiger partial charge in [-0.05, 0) is 24.6 Å². The lowest BCUT2D eigenvalue weighted by atomic mass is 10.3. The van der Waals surface area contributed by atoms with Gasteiger partial charge in [-0.15, -0.1) is 0 Å². The maximum absolute atomic E-state index is 13.0. The summed E-state index contributed by atoms with van der Waals surface area (Å²) >= 11 is 0. The monoisotopic (exact) mass is 344 g/mol. The molecule has 0 unspecified atom stereocenters. The van der Waals surface area contributed by atoms with E-state index in [2.05, 4.69) is 0 Å². The number of rotatable bonds is 7. The molecular formula is C11H14ClFO5S2. The first-order chi connectivity index (χ1) is 9.15. The fraction of sp³-hybridized carbons (Fsp3) is 0.455. The second kappa shape index (κ2) is 6.73. The molecule has 1 aromatic rings. The van der Waals surface area contributed by atoms with Crippen LogP contribution in [0.15, 0.2) is 23.1 Å². The standard InChI is InChI=1S/C11H14ClFO5S2/c1-2-19(14,15)7-3-6-18-10-5-4-9(13)8-11(10)20(12,16)17/h4-5,8H,2-3,6-7H2,1H3. The van der Waals surface area contributed by atoms with Crippen LogP contribution in [0.4, 0.5) is 4.39 Å². The first kappa shape index (κ1) is 17.2. The van der Waals surface area contributed by atoms with Crippen LogP contribution in [0.5, 0.6) is 5.75 Å². The third kappa shape index (κ3) is 5.26. The molecule has 0 saturated heterocycles. The molecule has 114 valence electrons. The van der Waals surface area contributed by atoms with E-state index in [4.69, 9.17) is 15.4 Å². The first-order valence-electron chi connectivity index (χ1n) is 5.73. The van der Waals surface area contributed by atoms with Crippen molar-refractivity contribution in [3.05, 3.63) is 24.0 Å². The summed E-state index contributed by atoms with van der Waals surface area (Å²) in [6, 6.07) is 2.92. The molecule has 0 aromatic heterocycles. The van der Waals surface area contributed by atoms with E-state index in [0.29, 0.717) is 0 Å². The second-order valence-electron chi connectivity index (χ2n) is 3.97. The Hall–Kier alpha value is -0.860. The summed E-state index contributed by atoms with van der Waals surface area (Å²) in [6.07, 6.45) is 0.204. The van der Waals surface area contributed by atoms with Gasteiger partial charge in [-0.2, -0.15) is 0 Å². The average Bonchev–Trinajstić information content (AvgIpc) is 2.35. The Morgan fingerprint density at radius 3 is 2.45 bits per heavy atom. The Bertz CT molecular complexity index is 670. The highest BCUT2D eigenvalue weighted by Crippen LogP contribution is 2.27. The average molecular weight is 345 g/mol. The van der Waals surface area contributed by atoms with E-state index in [1.54, 1.807) is 0 Å². The van der Waals surface area contributed by atoms with Crippen LogP contribution in [0.2, 0.25) is 0 Å². The second-order valence-corrected chi connectivity index (χ2v) is 8.97. The van der Waals surface area contributed by atoms with Crippen LogP contribution >= 0.6 is 10.7 Å². The predicted molar refractivity (Wildman–Crippen MR) is 73.9 cm³/mol. The summed E-state index contributed by atoms with van der Waals surface area (Å²) in [6.45, 7) is 1.53. The minimum atomic E-state index is -4.14. The van der Waals surface area contributed by atoms with Gasteiger partial charge in [-0.3, -0.25) is 0 Å². The van der Waals surface area contributed by atoms with E-state index in [0.717, 1.165) is 18.2 Å². The van der Waals surface area contributed by atoms with Gasteiger partial charge in [0.2, 0.25) is 0 Å². The van der Waals surface area contributed by atoms with Crippen molar-refractivity contribution in [3.63, 3.8) is 0 Å². The van der Waals surface area contributed by atoms with E-state index in [1.807, 2.05) is 0 Å². The third-order valence-electron chi connectivity index (χ3n) is 2.47. The van der Waals surface area contributed by atoms with Crippen LogP contribution in [0.1, 0.15) is 13.3 Å². The van der Waals surface area contributed by atoms with Gasteiger partial charge in [0.05, 0.1) is 12.4 Å². The highest BCUT2D eigenvalue weighted by Gasteiger charge is 2.18. The van der Waals surface area contributed by atoms with Crippen LogP contribution in [-0.2, 0) is 18.9 Å². The maximum atomic E-state index is 13.0. The number of benzene rings is 1.